The summed E-state index contributed by atoms with van der Waals surface area (Å²) >= 11 is 0. The van der Waals surface area contributed by atoms with E-state index >= 15 is 0 Å². The molecule has 1 saturated heterocycles. The van der Waals surface area contributed by atoms with Gasteiger partial charge in [0.2, 0.25) is 0 Å². The van der Waals surface area contributed by atoms with Gasteiger partial charge in [0.15, 0.2) is 6.23 Å². The molecular formula is C10H13N5O4. The SMILES string of the molecule is OC[C@H]1O[C@@H](n2ccc(-c3cn[nH]n3)n2)[C@@H](O)C1O. The molecule has 1 aliphatic rings. The molecule has 1 aliphatic heterocycles. The summed E-state index contributed by atoms with van der Waals surface area (Å²) in [4.78, 5) is 0. The molecule has 0 amide bonds. The first-order valence-corrected chi connectivity index (χ1v) is 5.74. The van der Waals surface area contributed by atoms with E-state index < -0.39 is 24.5 Å². The van der Waals surface area contributed by atoms with E-state index in [4.69, 9.17) is 9.84 Å². The van der Waals surface area contributed by atoms with Gasteiger partial charge in [0.1, 0.15) is 29.7 Å². The van der Waals surface area contributed by atoms with Gasteiger partial charge in [-0.1, -0.05) is 0 Å². The number of rotatable bonds is 3. The Kier molecular flexibility index (Phi) is 3.03. The van der Waals surface area contributed by atoms with Crippen LogP contribution in [0.25, 0.3) is 11.4 Å². The summed E-state index contributed by atoms with van der Waals surface area (Å²) in [5.74, 6) is 0. The molecule has 0 saturated carbocycles. The van der Waals surface area contributed by atoms with Crippen LogP contribution in [0.4, 0.5) is 0 Å². The average Bonchev–Trinajstić information content (AvgIpc) is 3.12. The second kappa shape index (κ2) is 4.70. The molecule has 2 aromatic rings. The summed E-state index contributed by atoms with van der Waals surface area (Å²) < 4.78 is 6.74. The number of aromatic amines is 1. The monoisotopic (exact) mass is 267 g/mol. The molecule has 4 atom stereocenters. The molecule has 9 heteroatoms. The van der Waals surface area contributed by atoms with Crippen LogP contribution in [0.1, 0.15) is 6.23 Å². The predicted octanol–water partition coefficient (Wildman–Crippen LogP) is -1.72. The fraction of sp³-hybridized carbons (Fsp3) is 0.500. The van der Waals surface area contributed by atoms with Crippen molar-refractivity contribution in [3.8, 4) is 11.4 Å². The molecule has 0 bridgehead atoms. The molecule has 102 valence electrons. The Morgan fingerprint density at radius 3 is 2.79 bits per heavy atom. The third kappa shape index (κ3) is 2.02. The van der Waals surface area contributed by atoms with Gasteiger partial charge in [0.25, 0.3) is 0 Å². The van der Waals surface area contributed by atoms with Crippen molar-refractivity contribution < 1.29 is 20.1 Å². The van der Waals surface area contributed by atoms with Crippen molar-refractivity contribution in [3.05, 3.63) is 18.5 Å². The quantitative estimate of drug-likeness (QED) is 0.520. The van der Waals surface area contributed by atoms with Crippen LogP contribution < -0.4 is 0 Å². The van der Waals surface area contributed by atoms with Gasteiger partial charge in [-0.25, -0.2) is 4.68 Å². The first kappa shape index (κ1) is 12.2. The van der Waals surface area contributed by atoms with E-state index in [0.717, 1.165) is 0 Å². The molecule has 2 aromatic heterocycles. The van der Waals surface area contributed by atoms with Crippen molar-refractivity contribution in [3.63, 3.8) is 0 Å². The molecule has 0 spiro atoms. The molecule has 4 N–H and O–H groups in total. The topological polar surface area (TPSA) is 129 Å². The number of nitrogens with one attached hydrogen (secondary N) is 1. The minimum atomic E-state index is -1.15. The summed E-state index contributed by atoms with van der Waals surface area (Å²) in [6.45, 7) is -0.369. The Balaban J connectivity index is 1.84. The van der Waals surface area contributed by atoms with Crippen molar-refractivity contribution in [2.45, 2.75) is 24.5 Å². The molecule has 0 aliphatic carbocycles. The maximum atomic E-state index is 9.87. The first-order valence-electron chi connectivity index (χ1n) is 5.74. The van der Waals surface area contributed by atoms with Gasteiger partial charge in [-0.2, -0.15) is 20.5 Å². The number of nitrogens with zero attached hydrogens (tertiary/aromatic N) is 4. The van der Waals surface area contributed by atoms with Crippen LogP contribution in [0.15, 0.2) is 18.5 Å². The fourth-order valence-electron chi connectivity index (χ4n) is 2.04. The van der Waals surface area contributed by atoms with E-state index in [-0.39, 0.29) is 6.61 Å². The Bertz CT molecular complexity index is 542. The van der Waals surface area contributed by atoms with Gasteiger partial charge in [-0.15, -0.1) is 0 Å². The normalized spacial score (nSPS) is 30.9. The van der Waals surface area contributed by atoms with Crippen LogP contribution in [-0.2, 0) is 4.74 Å². The van der Waals surface area contributed by atoms with E-state index in [9.17, 15) is 10.2 Å². The molecule has 3 heterocycles. The highest BCUT2D eigenvalue weighted by Gasteiger charge is 2.43. The third-order valence-electron chi connectivity index (χ3n) is 3.06. The van der Waals surface area contributed by atoms with Gasteiger partial charge in [0, 0.05) is 6.20 Å². The maximum absolute atomic E-state index is 9.87. The summed E-state index contributed by atoms with van der Waals surface area (Å²) in [7, 11) is 0. The Morgan fingerprint density at radius 2 is 2.16 bits per heavy atom. The largest absolute Gasteiger partial charge is 0.394 e. The smallest absolute Gasteiger partial charge is 0.179 e. The van der Waals surface area contributed by atoms with Crippen molar-refractivity contribution in [1.82, 2.24) is 25.2 Å². The van der Waals surface area contributed by atoms with Gasteiger partial charge >= 0.3 is 0 Å². The lowest BCUT2D eigenvalue weighted by molar-refractivity contribution is -0.0585. The van der Waals surface area contributed by atoms with Gasteiger partial charge in [-0.05, 0) is 6.07 Å². The standard InChI is InChI=1S/C10H13N5O4/c16-4-7-8(17)9(18)10(19-7)15-2-1-5(13-15)6-3-11-14-12-6/h1-3,7-10,16-18H,4H2,(H,11,12,14)/t7-,8?,9+,10-/m1/s1. The number of aliphatic hydroxyl groups excluding tert-OH is 3. The second-order valence-electron chi connectivity index (χ2n) is 4.27. The minimum absolute atomic E-state index is 0.369. The van der Waals surface area contributed by atoms with E-state index in [2.05, 4.69) is 20.5 Å². The van der Waals surface area contributed by atoms with Crippen molar-refractivity contribution in [2.75, 3.05) is 6.61 Å². The number of hydrogen-bond donors (Lipinski definition) is 4. The molecule has 1 fully saturated rings. The van der Waals surface area contributed by atoms with Crippen LogP contribution >= 0.6 is 0 Å². The first-order chi connectivity index (χ1) is 9.20. The second-order valence-corrected chi connectivity index (χ2v) is 4.27. The van der Waals surface area contributed by atoms with Crippen LogP contribution in [0.3, 0.4) is 0 Å². The van der Waals surface area contributed by atoms with E-state index in [1.54, 1.807) is 12.3 Å². The molecule has 0 radical (unpaired) electrons. The molecule has 19 heavy (non-hydrogen) atoms. The Morgan fingerprint density at radius 1 is 1.32 bits per heavy atom. The summed E-state index contributed by atoms with van der Waals surface area (Å²) in [5, 5.41) is 42.8. The molecule has 1 unspecified atom stereocenters. The summed E-state index contributed by atoms with van der Waals surface area (Å²) in [6, 6.07) is 1.69. The van der Waals surface area contributed by atoms with Crippen molar-refractivity contribution >= 4 is 0 Å². The van der Waals surface area contributed by atoms with Gasteiger partial charge in [-0.3, -0.25) is 0 Å². The Hall–Kier alpha value is -1.81. The lowest BCUT2D eigenvalue weighted by Gasteiger charge is -2.14. The fourth-order valence-corrected chi connectivity index (χ4v) is 2.04. The predicted molar refractivity (Wildman–Crippen MR) is 60.6 cm³/mol. The highest BCUT2D eigenvalue weighted by Crippen LogP contribution is 2.29. The van der Waals surface area contributed by atoms with Crippen LogP contribution in [0.2, 0.25) is 0 Å². The lowest BCUT2D eigenvalue weighted by atomic mass is 10.1. The molecular weight excluding hydrogens is 254 g/mol. The van der Waals surface area contributed by atoms with Crippen molar-refractivity contribution in [2.24, 2.45) is 0 Å². The van der Waals surface area contributed by atoms with Crippen molar-refractivity contribution in [1.29, 1.82) is 0 Å². The third-order valence-corrected chi connectivity index (χ3v) is 3.06. The highest BCUT2D eigenvalue weighted by atomic mass is 16.6. The number of ether oxygens (including phenoxy) is 1. The zero-order valence-corrected chi connectivity index (χ0v) is 9.79. The maximum Gasteiger partial charge on any atom is 0.179 e. The molecule has 0 aromatic carbocycles. The number of H-pyrrole nitrogens is 1. The zero-order valence-electron chi connectivity index (χ0n) is 9.79. The zero-order chi connectivity index (χ0) is 13.4. The molecule has 9 nitrogen and oxygen atoms in total. The van der Waals surface area contributed by atoms with Gasteiger partial charge in [0.05, 0.1) is 12.8 Å². The summed E-state index contributed by atoms with van der Waals surface area (Å²) in [5.41, 5.74) is 1.12. The number of aromatic nitrogens is 5. The van der Waals surface area contributed by atoms with Gasteiger partial charge < -0.3 is 20.1 Å². The lowest BCUT2D eigenvalue weighted by Crippen LogP contribution is -2.33. The minimum Gasteiger partial charge on any atom is -0.394 e. The van der Waals surface area contributed by atoms with Crippen LogP contribution in [-0.4, -0.2) is 65.4 Å². The summed E-state index contributed by atoms with van der Waals surface area (Å²) in [6.07, 6.45) is -0.835. The van der Waals surface area contributed by atoms with Crippen LogP contribution in [0, 0.1) is 0 Å². The van der Waals surface area contributed by atoms with Crippen LogP contribution in [0.5, 0.6) is 0 Å². The number of aliphatic hydroxyl groups is 3. The Labute approximate surface area is 107 Å². The number of hydrogen-bond acceptors (Lipinski definition) is 7. The average molecular weight is 267 g/mol. The molecule has 3 rings (SSSR count). The van der Waals surface area contributed by atoms with E-state index in [1.165, 1.54) is 10.9 Å². The highest BCUT2D eigenvalue weighted by molar-refractivity contribution is 5.50. The van der Waals surface area contributed by atoms with E-state index in [1.807, 2.05) is 0 Å². The van der Waals surface area contributed by atoms with E-state index in [0.29, 0.717) is 11.4 Å².